The smallest absolute Gasteiger partial charge is 0.294 e. The molecule has 55 heavy (non-hydrogen) atoms. The third-order valence-electron chi connectivity index (χ3n) is 8.45. The first-order chi connectivity index (χ1) is 26.0. The fraction of sp³-hybridized carbons (Fsp3) is 0.0769. The third kappa shape index (κ3) is 9.38. The molecule has 0 heterocycles. The van der Waals surface area contributed by atoms with Crippen molar-refractivity contribution >= 4 is 88.2 Å². The minimum absolute atomic E-state index is 0.0534. The monoisotopic (exact) mass is 780 g/mol. The molecular weight excluding hydrogens is 749 g/mol. The number of fused-ring (bicyclic) bond motifs is 2. The number of amides is 4. The highest BCUT2D eigenvalue weighted by Crippen LogP contribution is 2.29. The van der Waals surface area contributed by atoms with Gasteiger partial charge in [-0.25, -0.2) is 0 Å². The Balaban J connectivity index is 1.28. The molecule has 0 atom stereocenters. The number of hydrogen-bond donors (Lipinski definition) is 6. The lowest BCUT2D eigenvalue weighted by Gasteiger charge is -2.14. The summed E-state index contributed by atoms with van der Waals surface area (Å²) in [6.07, 6.45) is -0.382. The van der Waals surface area contributed by atoms with Gasteiger partial charge in [0.2, 0.25) is 11.8 Å². The molecule has 6 aromatic rings. The lowest BCUT2D eigenvalue weighted by atomic mass is 10.1. The number of carbonyl (C=O) groups excluding carboxylic acids is 4. The second-order valence-corrected chi connectivity index (χ2v) is 15.3. The first-order valence-electron chi connectivity index (χ1n) is 16.5. The van der Waals surface area contributed by atoms with E-state index in [0.29, 0.717) is 27.2 Å². The molecule has 6 rings (SSSR count). The fourth-order valence-corrected chi connectivity index (χ4v) is 6.76. The summed E-state index contributed by atoms with van der Waals surface area (Å²) in [7, 11) is -8.97. The molecule has 6 N–H and O–H groups in total. The zero-order valence-corrected chi connectivity index (χ0v) is 30.5. The molecule has 0 radical (unpaired) electrons. The van der Waals surface area contributed by atoms with E-state index >= 15 is 0 Å². The van der Waals surface area contributed by atoms with E-state index < -0.39 is 43.9 Å². The third-order valence-corrected chi connectivity index (χ3v) is 10.2. The molecule has 0 spiro atoms. The van der Waals surface area contributed by atoms with E-state index in [9.17, 15) is 45.1 Å². The lowest BCUT2D eigenvalue weighted by Crippen LogP contribution is -2.19. The molecular formula is C39H32N4O10S2. The maximum atomic E-state index is 13.7. The first kappa shape index (κ1) is 38.3. The lowest BCUT2D eigenvalue weighted by molar-refractivity contribution is -0.121. The second-order valence-electron chi connectivity index (χ2n) is 12.5. The molecule has 0 saturated carbocycles. The Bertz CT molecular complexity index is 2600. The summed E-state index contributed by atoms with van der Waals surface area (Å²) in [5.74, 6) is -2.37. The Kier molecular flexibility index (Phi) is 10.8. The maximum absolute atomic E-state index is 13.7. The summed E-state index contributed by atoms with van der Waals surface area (Å²) in [5, 5.41) is 12.6. The number of hydrogen-bond acceptors (Lipinski definition) is 8. The van der Waals surface area contributed by atoms with Crippen molar-refractivity contribution in [2.45, 2.75) is 29.6 Å². The molecule has 0 aliphatic heterocycles. The van der Waals surface area contributed by atoms with Crippen molar-refractivity contribution in [3.05, 3.63) is 132 Å². The maximum Gasteiger partial charge on any atom is 0.294 e. The molecule has 0 saturated heterocycles. The molecule has 0 bridgehead atoms. The van der Waals surface area contributed by atoms with Gasteiger partial charge in [-0.05, 0) is 84.4 Å². The van der Waals surface area contributed by atoms with Gasteiger partial charge >= 0.3 is 0 Å². The van der Waals surface area contributed by atoms with Crippen LogP contribution in [0.25, 0.3) is 21.5 Å². The second kappa shape index (κ2) is 15.5. The van der Waals surface area contributed by atoms with Crippen molar-refractivity contribution in [2.75, 3.05) is 21.3 Å². The normalized spacial score (nSPS) is 11.5. The molecule has 0 fully saturated rings. The van der Waals surface area contributed by atoms with Gasteiger partial charge in [0.05, 0.1) is 9.79 Å². The molecule has 6 aromatic carbocycles. The van der Waals surface area contributed by atoms with Gasteiger partial charge in [0, 0.05) is 57.5 Å². The standard InChI is InChI=1S/C39H32N4O10S2/c1-23-8-10-28(11-9-23)40-36(44)16-17-37(45)41-29-19-26(38(46)42-34-6-2-4-24-21-30(54(48,49)50)12-14-32(24)34)18-27(20-29)39(47)43-35-7-3-5-25-22-31(55(51,52)53)13-15-33(25)35/h2-15,18-22H,16-17H2,1H3,(H,40,44)(H,41,45)(H,42,46)(H,43,47)(H,48,49,50)(H,51,52,53). The summed E-state index contributed by atoms with van der Waals surface area (Å²) in [6.45, 7) is 1.91. The van der Waals surface area contributed by atoms with Gasteiger partial charge in [0.1, 0.15) is 0 Å². The Morgan fingerprint density at radius 3 is 1.38 bits per heavy atom. The zero-order chi connectivity index (χ0) is 39.5. The Labute approximate surface area is 315 Å². The predicted octanol–water partition coefficient (Wildman–Crippen LogP) is 6.66. The SMILES string of the molecule is Cc1ccc(NC(=O)CCC(=O)Nc2cc(C(=O)Nc3cccc4cc(S(=O)(=O)O)ccc34)cc(C(=O)Nc3cccc4cc(S(=O)(=O)O)ccc34)c2)cc1. The quantitative estimate of drug-likeness (QED) is 0.0767. The van der Waals surface area contributed by atoms with Gasteiger partial charge in [0.15, 0.2) is 0 Å². The van der Waals surface area contributed by atoms with E-state index in [4.69, 9.17) is 0 Å². The van der Waals surface area contributed by atoms with E-state index in [1.165, 1.54) is 54.6 Å². The summed E-state index contributed by atoms with van der Waals surface area (Å²) < 4.78 is 65.7. The molecule has 280 valence electrons. The zero-order valence-electron chi connectivity index (χ0n) is 28.9. The predicted molar refractivity (Wildman–Crippen MR) is 208 cm³/mol. The number of anilines is 4. The summed E-state index contributed by atoms with van der Waals surface area (Å²) in [4.78, 5) is 52.4. The van der Waals surface area contributed by atoms with Gasteiger partial charge in [0.25, 0.3) is 32.1 Å². The number of nitrogens with one attached hydrogen (secondary N) is 4. The molecule has 4 amide bonds. The molecule has 0 aliphatic carbocycles. The van der Waals surface area contributed by atoms with E-state index in [2.05, 4.69) is 21.3 Å². The van der Waals surface area contributed by atoms with Gasteiger partial charge in [-0.15, -0.1) is 0 Å². The average molecular weight is 781 g/mol. The summed E-state index contributed by atoms with van der Waals surface area (Å²) in [5.41, 5.74) is 2.10. The first-order valence-corrected chi connectivity index (χ1v) is 19.4. The van der Waals surface area contributed by atoms with E-state index in [1.54, 1.807) is 48.5 Å². The van der Waals surface area contributed by atoms with Crippen LogP contribution >= 0.6 is 0 Å². The molecule has 16 heteroatoms. The number of aryl methyl sites for hydroxylation is 1. The highest BCUT2D eigenvalue weighted by Gasteiger charge is 2.19. The van der Waals surface area contributed by atoms with Crippen molar-refractivity contribution in [1.29, 1.82) is 0 Å². The van der Waals surface area contributed by atoms with Crippen molar-refractivity contribution in [3.8, 4) is 0 Å². The van der Waals surface area contributed by atoms with Crippen LogP contribution in [0.4, 0.5) is 22.7 Å². The van der Waals surface area contributed by atoms with Crippen molar-refractivity contribution < 1.29 is 45.1 Å². The van der Waals surface area contributed by atoms with Crippen molar-refractivity contribution in [1.82, 2.24) is 0 Å². The molecule has 0 unspecified atom stereocenters. The van der Waals surface area contributed by atoms with Gasteiger partial charge in [-0.3, -0.25) is 28.3 Å². The minimum atomic E-state index is -4.48. The highest BCUT2D eigenvalue weighted by atomic mass is 32.2. The van der Waals surface area contributed by atoms with Crippen LogP contribution in [-0.2, 0) is 29.8 Å². The van der Waals surface area contributed by atoms with Crippen LogP contribution in [0.15, 0.2) is 125 Å². The van der Waals surface area contributed by atoms with E-state index in [0.717, 1.165) is 5.56 Å². The van der Waals surface area contributed by atoms with Crippen LogP contribution in [0, 0.1) is 6.92 Å². The molecule has 14 nitrogen and oxygen atoms in total. The van der Waals surface area contributed by atoms with Crippen molar-refractivity contribution in [2.24, 2.45) is 0 Å². The Morgan fingerprint density at radius 1 is 0.509 bits per heavy atom. The van der Waals surface area contributed by atoms with Crippen LogP contribution in [0.5, 0.6) is 0 Å². The van der Waals surface area contributed by atoms with Crippen molar-refractivity contribution in [3.63, 3.8) is 0 Å². The number of benzene rings is 6. The average Bonchev–Trinajstić information content (AvgIpc) is 3.14. The van der Waals surface area contributed by atoms with Crippen LogP contribution in [0.3, 0.4) is 0 Å². The molecule has 0 aromatic heterocycles. The summed E-state index contributed by atoms with van der Waals surface area (Å²) >= 11 is 0. The van der Waals surface area contributed by atoms with E-state index in [1.807, 2.05) is 19.1 Å². The van der Waals surface area contributed by atoms with Gasteiger partial charge < -0.3 is 21.3 Å². The van der Waals surface area contributed by atoms with E-state index in [-0.39, 0.29) is 50.8 Å². The Morgan fingerprint density at radius 2 is 0.945 bits per heavy atom. The minimum Gasteiger partial charge on any atom is -0.326 e. The van der Waals surface area contributed by atoms with Crippen LogP contribution in [0.2, 0.25) is 0 Å². The van der Waals surface area contributed by atoms with Crippen LogP contribution < -0.4 is 21.3 Å². The van der Waals surface area contributed by atoms with Crippen LogP contribution in [0.1, 0.15) is 39.1 Å². The molecule has 0 aliphatic rings. The van der Waals surface area contributed by atoms with Gasteiger partial charge in [-0.2, -0.15) is 16.8 Å². The summed E-state index contributed by atoms with van der Waals surface area (Å²) in [6, 6.07) is 28.3. The fourth-order valence-electron chi connectivity index (χ4n) is 5.72. The topological polar surface area (TPSA) is 225 Å². The number of rotatable bonds is 11. The number of carbonyl (C=O) groups is 4. The largest absolute Gasteiger partial charge is 0.326 e. The van der Waals surface area contributed by atoms with Crippen LogP contribution in [-0.4, -0.2) is 49.6 Å². The highest BCUT2D eigenvalue weighted by molar-refractivity contribution is 7.86. The Hall–Kier alpha value is -6.46. The van der Waals surface area contributed by atoms with Gasteiger partial charge in [-0.1, -0.05) is 54.1 Å².